The third-order valence-corrected chi connectivity index (χ3v) is 6.17. The molecule has 3 aromatic rings. The second kappa shape index (κ2) is 7.96. The lowest BCUT2D eigenvalue weighted by Crippen LogP contribution is -2.22. The van der Waals surface area contributed by atoms with Gasteiger partial charge < -0.3 is 10.6 Å². The Morgan fingerprint density at radius 2 is 1.93 bits per heavy atom. The van der Waals surface area contributed by atoms with Crippen LogP contribution in [-0.2, 0) is 0 Å². The standard InChI is InChI=1S/C20H21ClN6OS/c1-12-6-5-7-14(21)16(12)27(20-24-11-15(29-20)17(22)28)18-13(2)10-23-19(25-18)26-8-3-4-9-26/h5-7,10-11H,3-4,8-9H2,1-2H3,(H2,22,28). The third kappa shape index (κ3) is 3.77. The molecular formula is C20H21ClN6OS. The molecule has 1 saturated heterocycles. The number of hydrogen-bond acceptors (Lipinski definition) is 7. The molecule has 1 aliphatic rings. The Balaban J connectivity index is 1.91. The average molecular weight is 429 g/mol. The molecule has 0 bridgehead atoms. The van der Waals surface area contributed by atoms with Crippen LogP contribution in [0.25, 0.3) is 0 Å². The molecule has 1 aromatic carbocycles. The number of halogens is 1. The first-order valence-corrected chi connectivity index (χ1v) is 10.5. The number of rotatable bonds is 5. The van der Waals surface area contributed by atoms with E-state index in [0.29, 0.717) is 26.8 Å². The van der Waals surface area contributed by atoms with E-state index >= 15 is 0 Å². The molecule has 0 saturated carbocycles. The van der Waals surface area contributed by atoms with Crippen LogP contribution < -0.4 is 15.5 Å². The van der Waals surface area contributed by atoms with Gasteiger partial charge in [-0.1, -0.05) is 35.1 Å². The van der Waals surface area contributed by atoms with Crippen molar-refractivity contribution in [2.75, 3.05) is 22.9 Å². The first kappa shape index (κ1) is 19.6. The van der Waals surface area contributed by atoms with Crippen molar-refractivity contribution in [3.05, 3.63) is 51.6 Å². The second-order valence-electron chi connectivity index (χ2n) is 6.98. The molecular weight excluding hydrogens is 408 g/mol. The highest BCUT2D eigenvalue weighted by Gasteiger charge is 2.26. The number of aryl methyl sites for hydroxylation is 2. The summed E-state index contributed by atoms with van der Waals surface area (Å²) in [6, 6.07) is 5.71. The van der Waals surface area contributed by atoms with E-state index in [0.717, 1.165) is 42.7 Å². The van der Waals surface area contributed by atoms with Crippen molar-refractivity contribution in [1.29, 1.82) is 0 Å². The first-order valence-electron chi connectivity index (χ1n) is 9.35. The lowest BCUT2D eigenvalue weighted by atomic mass is 10.1. The molecule has 0 radical (unpaired) electrons. The molecule has 29 heavy (non-hydrogen) atoms. The molecule has 2 aromatic heterocycles. The van der Waals surface area contributed by atoms with E-state index in [1.165, 1.54) is 17.5 Å². The summed E-state index contributed by atoms with van der Waals surface area (Å²) in [6.07, 6.45) is 5.57. The fourth-order valence-corrected chi connectivity index (χ4v) is 4.48. The van der Waals surface area contributed by atoms with Gasteiger partial charge in [0.05, 0.1) is 16.9 Å². The van der Waals surface area contributed by atoms with E-state index in [4.69, 9.17) is 22.3 Å². The molecule has 1 amide bonds. The maximum absolute atomic E-state index is 11.7. The maximum atomic E-state index is 11.7. The second-order valence-corrected chi connectivity index (χ2v) is 8.40. The molecule has 2 N–H and O–H groups in total. The number of nitrogens with two attached hydrogens (primary N) is 1. The normalized spacial score (nSPS) is 13.7. The van der Waals surface area contributed by atoms with Crippen LogP contribution in [0.3, 0.4) is 0 Å². The van der Waals surface area contributed by atoms with E-state index in [2.05, 4.69) is 14.9 Å². The van der Waals surface area contributed by atoms with Crippen LogP contribution in [0.1, 0.15) is 33.6 Å². The maximum Gasteiger partial charge on any atom is 0.260 e. The summed E-state index contributed by atoms with van der Waals surface area (Å²) in [5.41, 5.74) is 8.07. The van der Waals surface area contributed by atoms with Crippen LogP contribution in [0.4, 0.5) is 22.6 Å². The van der Waals surface area contributed by atoms with E-state index in [-0.39, 0.29) is 0 Å². The van der Waals surface area contributed by atoms with Crippen molar-refractivity contribution in [2.24, 2.45) is 5.73 Å². The fraction of sp³-hybridized carbons (Fsp3) is 0.300. The van der Waals surface area contributed by atoms with Crippen molar-refractivity contribution in [3.8, 4) is 0 Å². The molecule has 7 nitrogen and oxygen atoms in total. The summed E-state index contributed by atoms with van der Waals surface area (Å²) < 4.78 is 0. The van der Waals surface area contributed by atoms with Crippen LogP contribution in [0, 0.1) is 13.8 Å². The van der Waals surface area contributed by atoms with Crippen molar-refractivity contribution >= 4 is 51.4 Å². The summed E-state index contributed by atoms with van der Waals surface area (Å²) >= 11 is 7.81. The van der Waals surface area contributed by atoms with Gasteiger partial charge in [0.15, 0.2) is 5.13 Å². The van der Waals surface area contributed by atoms with Crippen molar-refractivity contribution in [1.82, 2.24) is 15.0 Å². The highest BCUT2D eigenvalue weighted by atomic mass is 35.5. The number of carbonyl (C=O) groups is 1. The predicted octanol–water partition coefficient (Wildman–Crippen LogP) is 4.37. The van der Waals surface area contributed by atoms with Gasteiger partial charge in [0.1, 0.15) is 10.7 Å². The summed E-state index contributed by atoms with van der Waals surface area (Å²) in [6.45, 7) is 5.81. The lowest BCUT2D eigenvalue weighted by Gasteiger charge is -2.26. The number of primary amides is 1. The molecule has 3 heterocycles. The lowest BCUT2D eigenvalue weighted by molar-refractivity contribution is 0.100. The van der Waals surface area contributed by atoms with Crippen LogP contribution in [0.2, 0.25) is 5.02 Å². The van der Waals surface area contributed by atoms with E-state index in [1.54, 1.807) is 0 Å². The Bertz CT molecular complexity index is 1040. The average Bonchev–Trinajstić information content (AvgIpc) is 3.38. The number of thiazole rings is 1. The predicted molar refractivity (Wildman–Crippen MR) is 117 cm³/mol. The quantitative estimate of drug-likeness (QED) is 0.649. The molecule has 0 spiro atoms. The highest BCUT2D eigenvalue weighted by molar-refractivity contribution is 7.17. The van der Waals surface area contributed by atoms with Crippen molar-refractivity contribution in [2.45, 2.75) is 26.7 Å². The molecule has 0 unspecified atom stereocenters. The van der Waals surface area contributed by atoms with Gasteiger partial charge in [-0.15, -0.1) is 0 Å². The Morgan fingerprint density at radius 1 is 1.17 bits per heavy atom. The zero-order valence-corrected chi connectivity index (χ0v) is 17.8. The Kier molecular flexibility index (Phi) is 5.38. The number of nitrogens with zero attached hydrogens (tertiary/aromatic N) is 5. The zero-order valence-electron chi connectivity index (χ0n) is 16.2. The van der Waals surface area contributed by atoms with Crippen LogP contribution in [-0.4, -0.2) is 33.9 Å². The molecule has 4 rings (SSSR count). The largest absolute Gasteiger partial charge is 0.365 e. The van der Waals surface area contributed by atoms with Crippen molar-refractivity contribution in [3.63, 3.8) is 0 Å². The zero-order chi connectivity index (χ0) is 20.5. The number of aromatic nitrogens is 3. The van der Waals surface area contributed by atoms with Crippen LogP contribution >= 0.6 is 22.9 Å². The smallest absolute Gasteiger partial charge is 0.260 e. The SMILES string of the molecule is Cc1cnc(N2CCCC2)nc1N(c1ncc(C(N)=O)s1)c1c(C)cccc1Cl. The highest BCUT2D eigenvalue weighted by Crippen LogP contribution is 2.42. The van der Waals surface area contributed by atoms with Crippen LogP contribution in [0.5, 0.6) is 0 Å². The first-order chi connectivity index (χ1) is 14.0. The van der Waals surface area contributed by atoms with Gasteiger partial charge in [-0.25, -0.2) is 9.97 Å². The molecule has 0 atom stereocenters. The Hall–Kier alpha value is -2.71. The van der Waals surface area contributed by atoms with Crippen LogP contribution in [0.15, 0.2) is 30.6 Å². The number of para-hydroxylation sites is 1. The minimum atomic E-state index is -0.512. The van der Waals surface area contributed by atoms with Crippen molar-refractivity contribution < 1.29 is 4.79 Å². The van der Waals surface area contributed by atoms with Gasteiger partial charge in [-0.05, 0) is 38.3 Å². The van der Waals surface area contributed by atoms with E-state index in [1.807, 2.05) is 43.1 Å². The minimum Gasteiger partial charge on any atom is -0.365 e. The molecule has 150 valence electrons. The topological polar surface area (TPSA) is 88.2 Å². The molecule has 0 aliphatic carbocycles. The van der Waals surface area contributed by atoms with Gasteiger partial charge in [0.25, 0.3) is 5.91 Å². The third-order valence-electron chi connectivity index (χ3n) is 4.87. The van der Waals surface area contributed by atoms with Gasteiger partial charge in [-0.2, -0.15) is 4.98 Å². The minimum absolute atomic E-state index is 0.376. The molecule has 9 heteroatoms. The fourth-order valence-electron chi connectivity index (χ4n) is 3.40. The number of carbonyl (C=O) groups excluding carboxylic acids is 1. The summed E-state index contributed by atoms with van der Waals surface area (Å²) in [5.74, 6) is 0.856. The molecule has 1 aliphatic heterocycles. The van der Waals surface area contributed by atoms with E-state index in [9.17, 15) is 4.79 Å². The van der Waals surface area contributed by atoms with E-state index < -0.39 is 5.91 Å². The monoisotopic (exact) mass is 428 g/mol. The van der Waals surface area contributed by atoms with Gasteiger partial charge in [0, 0.05) is 24.8 Å². The number of anilines is 4. The van der Waals surface area contributed by atoms with Gasteiger partial charge >= 0.3 is 0 Å². The number of hydrogen-bond donors (Lipinski definition) is 1. The Labute approximate surface area is 178 Å². The number of amides is 1. The summed E-state index contributed by atoms with van der Waals surface area (Å²) in [4.78, 5) is 30.0. The summed E-state index contributed by atoms with van der Waals surface area (Å²) in [5, 5.41) is 1.14. The number of benzene rings is 1. The van der Waals surface area contributed by atoms with Gasteiger partial charge in [-0.3, -0.25) is 9.69 Å². The Morgan fingerprint density at radius 3 is 2.59 bits per heavy atom. The molecule has 1 fully saturated rings. The summed E-state index contributed by atoms with van der Waals surface area (Å²) in [7, 11) is 0. The van der Waals surface area contributed by atoms with Gasteiger partial charge in [0.2, 0.25) is 5.95 Å².